The number of rotatable bonds is 6. The van der Waals surface area contributed by atoms with E-state index in [-0.39, 0.29) is 11.9 Å². The lowest BCUT2D eigenvalue weighted by Crippen LogP contribution is -2.45. The molecular weight excluding hydrogens is 320 g/mol. The van der Waals surface area contributed by atoms with Gasteiger partial charge < -0.3 is 5.32 Å². The fraction of sp³-hybridized carbons (Fsp3) is 0.435. The second-order valence-corrected chi connectivity index (χ2v) is 7.77. The van der Waals surface area contributed by atoms with E-state index in [9.17, 15) is 4.79 Å². The van der Waals surface area contributed by atoms with Crippen molar-refractivity contribution in [1.29, 1.82) is 0 Å². The van der Waals surface area contributed by atoms with Crippen molar-refractivity contribution in [3.8, 4) is 0 Å². The van der Waals surface area contributed by atoms with Crippen LogP contribution in [0.2, 0.25) is 0 Å². The first-order chi connectivity index (χ1) is 12.8. The molecule has 2 fully saturated rings. The van der Waals surface area contributed by atoms with Crippen LogP contribution in [0.15, 0.2) is 60.7 Å². The molecule has 3 nitrogen and oxygen atoms in total. The Balaban J connectivity index is 1.41. The Kier molecular flexibility index (Phi) is 5.35. The molecule has 0 bridgehead atoms. The van der Waals surface area contributed by atoms with Gasteiger partial charge in [-0.25, -0.2) is 0 Å². The highest BCUT2D eigenvalue weighted by atomic mass is 16.2. The van der Waals surface area contributed by atoms with Gasteiger partial charge in [-0.2, -0.15) is 0 Å². The van der Waals surface area contributed by atoms with Crippen LogP contribution >= 0.6 is 0 Å². The molecule has 1 heterocycles. The first-order valence-electron chi connectivity index (χ1n) is 9.93. The lowest BCUT2D eigenvalue weighted by atomic mass is 9.89. The summed E-state index contributed by atoms with van der Waals surface area (Å²) < 4.78 is 0. The number of nitrogens with zero attached hydrogens (tertiary/aromatic N) is 1. The molecule has 2 aromatic carbocycles. The summed E-state index contributed by atoms with van der Waals surface area (Å²) in [5.74, 6) is 0.900. The second kappa shape index (κ2) is 8.05. The second-order valence-electron chi connectivity index (χ2n) is 7.77. The molecule has 1 N–H and O–H groups in total. The SMILES string of the molecule is O=C(NC1CC1)[C@@H](c1ccccc1)N1CCC(Cc2ccccc2)CC1. The summed E-state index contributed by atoms with van der Waals surface area (Å²) in [4.78, 5) is 15.3. The zero-order chi connectivity index (χ0) is 17.8. The predicted octanol–water partition coefficient (Wildman–Crippen LogP) is 3.96. The number of nitrogens with one attached hydrogen (secondary N) is 1. The van der Waals surface area contributed by atoms with Crippen molar-refractivity contribution in [1.82, 2.24) is 10.2 Å². The summed E-state index contributed by atoms with van der Waals surface area (Å²) in [6.45, 7) is 1.99. The fourth-order valence-corrected chi connectivity index (χ4v) is 4.03. The Morgan fingerprint density at radius 3 is 2.15 bits per heavy atom. The third-order valence-corrected chi connectivity index (χ3v) is 5.67. The van der Waals surface area contributed by atoms with Gasteiger partial charge in [0.15, 0.2) is 0 Å². The van der Waals surface area contributed by atoms with E-state index in [0.717, 1.165) is 56.7 Å². The molecule has 2 aliphatic rings. The standard InChI is InChI=1S/C23H28N2O/c26-23(24-21-11-12-21)22(20-9-5-2-6-10-20)25-15-13-19(14-16-25)17-18-7-3-1-4-8-18/h1-10,19,21-22H,11-17H2,(H,24,26)/t22-/m1/s1. The van der Waals surface area contributed by atoms with E-state index in [1.165, 1.54) is 5.56 Å². The highest BCUT2D eigenvalue weighted by Crippen LogP contribution is 2.30. The van der Waals surface area contributed by atoms with Gasteiger partial charge in [0.05, 0.1) is 0 Å². The van der Waals surface area contributed by atoms with E-state index in [0.29, 0.717) is 6.04 Å². The van der Waals surface area contributed by atoms with Crippen LogP contribution in [0.1, 0.15) is 42.9 Å². The maximum atomic E-state index is 12.9. The van der Waals surface area contributed by atoms with Gasteiger partial charge in [-0.05, 0) is 62.2 Å². The van der Waals surface area contributed by atoms with E-state index in [1.807, 2.05) is 18.2 Å². The number of carbonyl (C=O) groups excluding carboxylic acids is 1. The summed E-state index contributed by atoms with van der Waals surface area (Å²) in [6.07, 6.45) is 5.74. The Morgan fingerprint density at radius 2 is 1.54 bits per heavy atom. The van der Waals surface area contributed by atoms with E-state index in [2.05, 4.69) is 52.7 Å². The number of hydrogen-bond acceptors (Lipinski definition) is 2. The van der Waals surface area contributed by atoms with Crippen LogP contribution in [0, 0.1) is 5.92 Å². The van der Waals surface area contributed by atoms with E-state index in [4.69, 9.17) is 0 Å². The maximum Gasteiger partial charge on any atom is 0.242 e. The van der Waals surface area contributed by atoms with Crippen LogP contribution in [0.4, 0.5) is 0 Å². The number of benzene rings is 2. The molecular formula is C23H28N2O. The minimum Gasteiger partial charge on any atom is -0.352 e. The van der Waals surface area contributed by atoms with Gasteiger partial charge in [0.2, 0.25) is 5.91 Å². The number of likely N-dealkylation sites (tertiary alicyclic amines) is 1. The smallest absolute Gasteiger partial charge is 0.242 e. The number of amides is 1. The van der Waals surface area contributed by atoms with Gasteiger partial charge in [0, 0.05) is 6.04 Å². The van der Waals surface area contributed by atoms with E-state index < -0.39 is 0 Å². The lowest BCUT2D eigenvalue weighted by molar-refractivity contribution is -0.127. The normalized spacial score (nSPS) is 19.8. The largest absolute Gasteiger partial charge is 0.352 e. The summed E-state index contributed by atoms with van der Waals surface area (Å²) in [6, 6.07) is 21.3. The zero-order valence-corrected chi connectivity index (χ0v) is 15.3. The van der Waals surface area contributed by atoms with Gasteiger partial charge in [-0.1, -0.05) is 60.7 Å². The summed E-state index contributed by atoms with van der Waals surface area (Å²) >= 11 is 0. The van der Waals surface area contributed by atoms with Gasteiger partial charge in [-0.15, -0.1) is 0 Å². The van der Waals surface area contributed by atoms with Crippen molar-refractivity contribution in [3.05, 3.63) is 71.8 Å². The number of hydrogen-bond donors (Lipinski definition) is 1. The van der Waals surface area contributed by atoms with Crippen LogP contribution < -0.4 is 5.32 Å². The molecule has 2 aromatic rings. The molecule has 26 heavy (non-hydrogen) atoms. The molecule has 3 heteroatoms. The predicted molar refractivity (Wildman–Crippen MR) is 105 cm³/mol. The van der Waals surface area contributed by atoms with Crippen molar-refractivity contribution >= 4 is 5.91 Å². The highest BCUT2D eigenvalue weighted by molar-refractivity contribution is 5.83. The van der Waals surface area contributed by atoms with Crippen LogP contribution in [0.5, 0.6) is 0 Å². The minimum atomic E-state index is -0.144. The molecule has 4 rings (SSSR count). The Bertz CT molecular complexity index is 704. The highest BCUT2D eigenvalue weighted by Gasteiger charge is 2.33. The Labute approximate surface area is 156 Å². The number of piperidine rings is 1. The van der Waals surface area contributed by atoms with E-state index in [1.54, 1.807) is 0 Å². The summed E-state index contributed by atoms with van der Waals surface area (Å²) in [7, 11) is 0. The molecule has 1 aliphatic heterocycles. The van der Waals surface area contributed by atoms with Crippen molar-refractivity contribution in [2.24, 2.45) is 5.92 Å². The van der Waals surface area contributed by atoms with Gasteiger partial charge in [-0.3, -0.25) is 9.69 Å². The Hall–Kier alpha value is -2.13. The van der Waals surface area contributed by atoms with Crippen LogP contribution in [0.3, 0.4) is 0 Å². The van der Waals surface area contributed by atoms with Gasteiger partial charge in [0.25, 0.3) is 0 Å². The molecule has 0 spiro atoms. The third-order valence-electron chi connectivity index (χ3n) is 5.67. The first-order valence-corrected chi connectivity index (χ1v) is 9.93. The average Bonchev–Trinajstić information content (AvgIpc) is 3.49. The topological polar surface area (TPSA) is 32.3 Å². The minimum absolute atomic E-state index is 0.144. The molecule has 1 saturated heterocycles. The molecule has 1 atom stereocenters. The van der Waals surface area contributed by atoms with Crippen LogP contribution in [-0.4, -0.2) is 29.9 Å². The first kappa shape index (κ1) is 17.3. The Morgan fingerprint density at radius 1 is 0.923 bits per heavy atom. The van der Waals surface area contributed by atoms with Crippen molar-refractivity contribution in [3.63, 3.8) is 0 Å². The average molecular weight is 348 g/mol. The van der Waals surface area contributed by atoms with Crippen LogP contribution in [-0.2, 0) is 11.2 Å². The van der Waals surface area contributed by atoms with Crippen molar-refractivity contribution < 1.29 is 4.79 Å². The van der Waals surface area contributed by atoms with Crippen molar-refractivity contribution in [2.75, 3.05) is 13.1 Å². The third kappa shape index (κ3) is 4.34. The summed E-state index contributed by atoms with van der Waals surface area (Å²) in [5.41, 5.74) is 2.55. The quantitative estimate of drug-likeness (QED) is 0.857. The van der Waals surface area contributed by atoms with Gasteiger partial charge in [0.1, 0.15) is 6.04 Å². The summed E-state index contributed by atoms with van der Waals surface area (Å²) in [5, 5.41) is 3.22. The van der Waals surface area contributed by atoms with Crippen LogP contribution in [0.25, 0.3) is 0 Å². The molecule has 0 unspecified atom stereocenters. The van der Waals surface area contributed by atoms with E-state index >= 15 is 0 Å². The molecule has 0 aromatic heterocycles. The van der Waals surface area contributed by atoms with Crippen molar-refractivity contribution in [2.45, 2.75) is 44.2 Å². The molecule has 1 aliphatic carbocycles. The lowest BCUT2D eigenvalue weighted by Gasteiger charge is -2.37. The molecule has 0 radical (unpaired) electrons. The molecule has 136 valence electrons. The molecule has 1 saturated carbocycles. The molecule has 1 amide bonds. The zero-order valence-electron chi connectivity index (χ0n) is 15.3. The monoisotopic (exact) mass is 348 g/mol. The number of carbonyl (C=O) groups is 1. The maximum absolute atomic E-state index is 12.9. The fourth-order valence-electron chi connectivity index (χ4n) is 4.03. The van der Waals surface area contributed by atoms with Gasteiger partial charge >= 0.3 is 0 Å².